The Bertz CT molecular complexity index is 380. The van der Waals surface area contributed by atoms with Gasteiger partial charge < -0.3 is 20.1 Å². The molecule has 0 radical (unpaired) electrons. The van der Waals surface area contributed by atoms with Crippen molar-refractivity contribution >= 4 is 11.9 Å². The van der Waals surface area contributed by atoms with E-state index in [9.17, 15) is 18.0 Å². The van der Waals surface area contributed by atoms with E-state index in [-0.39, 0.29) is 17.8 Å². The number of piperidine rings is 1. The summed E-state index contributed by atoms with van der Waals surface area (Å²) in [6.45, 7) is 0.316. The zero-order valence-corrected chi connectivity index (χ0v) is 12.0. The Labute approximate surface area is 121 Å². The Balaban J connectivity index is 2.47. The SMILES string of the molecule is CN=C(NCC(O)C(F)(F)F)N1CCC(C(=O)OC)CC1. The number of nitrogens with one attached hydrogen (secondary N) is 1. The van der Waals surface area contributed by atoms with E-state index < -0.39 is 18.8 Å². The minimum Gasteiger partial charge on any atom is -0.469 e. The number of carbonyl (C=O) groups excluding carboxylic acids is 1. The number of ether oxygens (including phenoxy) is 1. The highest BCUT2D eigenvalue weighted by Gasteiger charge is 2.38. The van der Waals surface area contributed by atoms with Crippen molar-refractivity contribution in [3.63, 3.8) is 0 Å². The van der Waals surface area contributed by atoms with Gasteiger partial charge in [0.2, 0.25) is 0 Å². The fourth-order valence-corrected chi connectivity index (χ4v) is 2.13. The molecule has 1 heterocycles. The maximum atomic E-state index is 12.2. The number of hydrogen-bond acceptors (Lipinski definition) is 4. The molecule has 0 aromatic carbocycles. The third-order valence-electron chi connectivity index (χ3n) is 3.37. The number of guanidine groups is 1. The van der Waals surface area contributed by atoms with Crippen molar-refractivity contribution in [2.24, 2.45) is 10.9 Å². The van der Waals surface area contributed by atoms with E-state index in [0.29, 0.717) is 25.9 Å². The zero-order valence-electron chi connectivity index (χ0n) is 12.0. The normalized spacial score (nSPS) is 19.3. The lowest BCUT2D eigenvalue weighted by Crippen LogP contribution is -2.50. The van der Waals surface area contributed by atoms with Gasteiger partial charge in [0.25, 0.3) is 0 Å². The molecule has 1 unspecified atom stereocenters. The van der Waals surface area contributed by atoms with Crippen LogP contribution in [0.3, 0.4) is 0 Å². The Morgan fingerprint density at radius 2 is 2.05 bits per heavy atom. The van der Waals surface area contributed by atoms with Crippen LogP contribution in [0.1, 0.15) is 12.8 Å². The molecule has 0 aromatic heterocycles. The maximum Gasteiger partial charge on any atom is 0.416 e. The predicted octanol–water partition coefficient (Wildman–Crippen LogP) is 0.370. The molecular weight excluding hydrogens is 291 g/mol. The molecule has 122 valence electrons. The summed E-state index contributed by atoms with van der Waals surface area (Å²) in [7, 11) is 2.78. The fraction of sp³-hybridized carbons (Fsp3) is 0.833. The number of alkyl halides is 3. The van der Waals surface area contributed by atoms with Gasteiger partial charge in [-0.2, -0.15) is 13.2 Å². The Kier molecular flexibility index (Phi) is 6.25. The lowest BCUT2D eigenvalue weighted by atomic mass is 9.97. The van der Waals surface area contributed by atoms with Crippen LogP contribution in [-0.4, -0.2) is 68.0 Å². The number of aliphatic imine (C=N–C) groups is 1. The van der Waals surface area contributed by atoms with Crippen LogP contribution in [0.2, 0.25) is 0 Å². The molecule has 1 aliphatic rings. The van der Waals surface area contributed by atoms with Gasteiger partial charge in [0.05, 0.1) is 19.6 Å². The highest BCUT2D eigenvalue weighted by molar-refractivity contribution is 5.80. The molecule has 1 fully saturated rings. The van der Waals surface area contributed by atoms with Crippen LogP contribution >= 0.6 is 0 Å². The van der Waals surface area contributed by atoms with Gasteiger partial charge in [-0.05, 0) is 12.8 Å². The number of likely N-dealkylation sites (tertiary alicyclic amines) is 1. The Morgan fingerprint density at radius 3 is 2.48 bits per heavy atom. The van der Waals surface area contributed by atoms with Gasteiger partial charge in [-0.1, -0.05) is 0 Å². The van der Waals surface area contributed by atoms with Crippen LogP contribution in [0.5, 0.6) is 0 Å². The minimum atomic E-state index is -4.66. The molecule has 0 aromatic rings. The number of aliphatic hydroxyl groups excluding tert-OH is 1. The summed E-state index contributed by atoms with van der Waals surface area (Å²) in [5, 5.41) is 11.4. The molecule has 0 aliphatic carbocycles. The average Bonchev–Trinajstić information content (AvgIpc) is 2.46. The molecule has 1 rings (SSSR count). The number of methoxy groups -OCH3 is 1. The van der Waals surface area contributed by atoms with Crippen LogP contribution in [-0.2, 0) is 9.53 Å². The molecule has 1 aliphatic heterocycles. The number of aliphatic hydroxyl groups is 1. The minimum absolute atomic E-state index is 0.190. The standard InChI is InChI=1S/C12H20F3N3O3/c1-16-11(17-7-9(19)12(13,14)15)18-5-3-8(4-6-18)10(20)21-2/h8-9,19H,3-7H2,1-2H3,(H,16,17). The largest absolute Gasteiger partial charge is 0.469 e. The van der Waals surface area contributed by atoms with Gasteiger partial charge in [0.15, 0.2) is 12.1 Å². The molecule has 0 spiro atoms. The predicted molar refractivity (Wildman–Crippen MR) is 69.7 cm³/mol. The monoisotopic (exact) mass is 311 g/mol. The Hall–Kier alpha value is -1.51. The van der Waals surface area contributed by atoms with Gasteiger partial charge in [0.1, 0.15) is 0 Å². The second-order valence-corrected chi connectivity index (χ2v) is 4.77. The topological polar surface area (TPSA) is 74.2 Å². The summed E-state index contributed by atoms with van der Waals surface area (Å²) in [6.07, 6.45) is -6.00. The fourth-order valence-electron chi connectivity index (χ4n) is 2.13. The van der Waals surface area contributed by atoms with Crippen molar-refractivity contribution in [2.75, 3.05) is 33.8 Å². The molecule has 9 heteroatoms. The first-order valence-electron chi connectivity index (χ1n) is 6.57. The third-order valence-corrected chi connectivity index (χ3v) is 3.37. The van der Waals surface area contributed by atoms with Gasteiger partial charge in [-0.25, -0.2) is 0 Å². The molecule has 6 nitrogen and oxygen atoms in total. The molecule has 0 bridgehead atoms. The molecule has 1 atom stereocenters. The Morgan fingerprint density at radius 1 is 1.48 bits per heavy atom. The number of halogens is 3. The first-order chi connectivity index (χ1) is 9.79. The zero-order chi connectivity index (χ0) is 16.0. The van der Waals surface area contributed by atoms with Crippen molar-refractivity contribution in [1.29, 1.82) is 0 Å². The first-order valence-corrected chi connectivity index (χ1v) is 6.57. The second-order valence-electron chi connectivity index (χ2n) is 4.77. The molecule has 21 heavy (non-hydrogen) atoms. The van der Waals surface area contributed by atoms with E-state index in [1.54, 1.807) is 4.90 Å². The van der Waals surface area contributed by atoms with Crippen LogP contribution in [0, 0.1) is 5.92 Å². The van der Waals surface area contributed by atoms with Crippen molar-refractivity contribution in [1.82, 2.24) is 10.2 Å². The van der Waals surface area contributed by atoms with Crippen LogP contribution in [0.25, 0.3) is 0 Å². The number of esters is 1. The average molecular weight is 311 g/mol. The van der Waals surface area contributed by atoms with Gasteiger partial charge in [-0.3, -0.25) is 9.79 Å². The van der Waals surface area contributed by atoms with Crippen molar-refractivity contribution < 1.29 is 27.8 Å². The summed E-state index contributed by atoms with van der Waals surface area (Å²) < 4.78 is 41.4. The quantitative estimate of drug-likeness (QED) is 0.447. The van der Waals surface area contributed by atoms with Crippen LogP contribution in [0.15, 0.2) is 4.99 Å². The van der Waals surface area contributed by atoms with Crippen LogP contribution < -0.4 is 5.32 Å². The van der Waals surface area contributed by atoms with Crippen LogP contribution in [0.4, 0.5) is 13.2 Å². The number of rotatable bonds is 3. The maximum absolute atomic E-state index is 12.2. The number of nitrogens with zero attached hydrogens (tertiary/aromatic N) is 2. The van der Waals surface area contributed by atoms with Gasteiger partial charge >= 0.3 is 12.1 Å². The number of carbonyl (C=O) groups is 1. The van der Waals surface area contributed by atoms with Crippen molar-refractivity contribution in [2.45, 2.75) is 25.1 Å². The molecule has 1 saturated heterocycles. The lowest BCUT2D eigenvalue weighted by molar-refractivity contribution is -0.201. The summed E-state index contributed by atoms with van der Waals surface area (Å²) in [4.78, 5) is 17.0. The second kappa shape index (κ2) is 7.48. The van der Waals surface area contributed by atoms with Crippen molar-refractivity contribution in [3.05, 3.63) is 0 Å². The third kappa shape index (κ3) is 5.07. The van der Waals surface area contributed by atoms with Gasteiger partial charge in [-0.15, -0.1) is 0 Å². The van der Waals surface area contributed by atoms with E-state index in [2.05, 4.69) is 15.0 Å². The molecule has 0 amide bonds. The molecule has 2 N–H and O–H groups in total. The van der Waals surface area contributed by atoms with E-state index in [0.717, 1.165) is 0 Å². The van der Waals surface area contributed by atoms with E-state index >= 15 is 0 Å². The number of hydrogen-bond donors (Lipinski definition) is 2. The highest BCUT2D eigenvalue weighted by atomic mass is 19.4. The van der Waals surface area contributed by atoms with E-state index in [1.165, 1.54) is 14.2 Å². The van der Waals surface area contributed by atoms with Crippen molar-refractivity contribution in [3.8, 4) is 0 Å². The summed E-state index contributed by atoms with van der Waals surface area (Å²) in [5.74, 6) is -0.183. The summed E-state index contributed by atoms with van der Waals surface area (Å²) in [5.41, 5.74) is 0. The molecule has 0 saturated carbocycles. The summed E-state index contributed by atoms with van der Waals surface area (Å²) in [6, 6.07) is 0. The van der Waals surface area contributed by atoms with Gasteiger partial charge in [0, 0.05) is 20.1 Å². The molecular formula is C12H20F3N3O3. The summed E-state index contributed by atoms with van der Waals surface area (Å²) >= 11 is 0. The van der Waals surface area contributed by atoms with E-state index in [4.69, 9.17) is 5.11 Å². The highest BCUT2D eigenvalue weighted by Crippen LogP contribution is 2.20. The van der Waals surface area contributed by atoms with E-state index in [1.807, 2.05) is 0 Å². The smallest absolute Gasteiger partial charge is 0.416 e. The first kappa shape index (κ1) is 17.5. The lowest BCUT2D eigenvalue weighted by Gasteiger charge is -2.33.